The highest BCUT2D eigenvalue weighted by Gasteiger charge is 2.17. The second-order valence-electron chi connectivity index (χ2n) is 8.57. The molecule has 0 aromatic heterocycles. The fourth-order valence-corrected chi connectivity index (χ4v) is 4.61. The van der Waals surface area contributed by atoms with Gasteiger partial charge in [0.25, 0.3) is 0 Å². The smallest absolute Gasteiger partial charge is 0.141 e. The SMILES string of the molecule is Bc1c(B)c(B)c2c(Nc3ccc(-c4ccccc4)cc3)c(B)c(B)c(B)c2c1B. The van der Waals surface area contributed by atoms with Crippen molar-refractivity contribution in [3.63, 3.8) is 0 Å². The van der Waals surface area contributed by atoms with Crippen molar-refractivity contribution in [2.45, 2.75) is 0 Å². The highest BCUT2D eigenvalue weighted by molar-refractivity contribution is 6.71. The normalized spacial score (nSPS) is 10.9. The van der Waals surface area contributed by atoms with E-state index in [0.29, 0.717) is 0 Å². The number of hydrogen-bond donors (Lipinski definition) is 1. The highest BCUT2D eigenvalue weighted by Crippen LogP contribution is 2.24. The Morgan fingerprint density at radius 1 is 0.433 bits per heavy atom. The summed E-state index contributed by atoms with van der Waals surface area (Å²) in [6.07, 6.45) is 0. The molecule has 0 saturated heterocycles. The zero-order chi connectivity index (χ0) is 21.6. The minimum Gasteiger partial charge on any atom is -0.356 e. The lowest BCUT2D eigenvalue weighted by Crippen LogP contribution is -2.52. The zero-order valence-electron chi connectivity index (χ0n) is 19.2. The van der Waals surface area contributed by atoms with Crippen molar-refractivity contribution < 1.29 is 0 Å². The van der Waals surface area contributed by atoms with E-state index in [1.54, 1.807) is 0 Å². The molecule has 0 spiro atoms. The molecule has 30 heavy (non-hydrogen) atoms. The van der Waals surface area contributed by atoms with Crippen LogP contribution in [-0.4, -0.2) is 54.9 Å². The van der Waals surface area contributed by atoms with E-state index < -0.39 is 0 Å². The fraction of sp³-hybridized carbons (Fsp3) is 0. The van der Waals surface area contributed by atoms with Gasteiger partial charge in [0.15, 0.2) is 0 Å². The predicted octanol–water partition coefficient (Wildman–Crippen LogP) is -5.94. The first-order chi connectivity index (χ1) is 14.3. The summed E-state index contributed by atoms with van der Waals surface area (Å²) in [6.45, 7) is 0. The summed E-state index contributed by atoms with van der Waals surface area (Å²) in [7, 11) is 15.8. The van der Waals surface area contributed by atoms with Gasteiger partial charge in [-0.3, -0.25) is 0 Å². The third kappa shape index (κ3) is 3.33. The quantitative estimate of drug-likeness (QED) is 0.351. The molecule has 8 heteroatoms. The van der Waals surface area contributed by atoms with Crippen LogP contribution in [0.15, 0.2) is 54.6 Å². The molecule has 0 atom stereocenters. The van der Waals surface area contributed by atoms with Gasteiger partial charge in [0.2, 0.25) is 0 Å². The van der Waals surface area contributed by atoms with Crippen molar-refractivity contribution in [3.05, 3.63) is 54.6 Å². The lowest BCUT2D eigenvalue weighted by molar-refractivity contribution is 1.58. The third-order valence-electron chi connectivity index (χ3n) is 7.07. The fourth-order valence-electron chi connectivity index (χ4n) is 4.61. The largest absolute Gasteiger partial charge is 0.356 e. The van der Waals surface area contributed by atoms with Gasteiger partial charge in [0, 0.05) is 11.4 Å². The molecule has 4 aromatic rings. The second kappa shape index (κ2) is 7.91. The maximum Gasteiger partial charge on any atom is 0.141 e. The van der Waals surface area contributed by atoms with Crippen LogP contribution in [0.2, 0.25) is 0 Å². The van der Waals surface area contributed by atoms with Crippen molar-refractivity contribution in [1.82, 2.24) is 0 Å². The average Bonchev–Trinajstić information content (AvgIpc) is 2.77. The Bertz CT molecular complexity index is 1260. The van der Waals surface area contributed by atoms with Gasteiger partial charge in [-0.1, -0.05) is 69.8 Å². The van der Waals surface area contributed by atoms with E-state index >= 15 is 0 Å². The molecule has 0 radical (unpaired) electrons. The van der Waals surface area contributed by atoms with Gasteiger partial charge >= 0.3 is 0 Å². The van der Waals surface area contributed by atoms with Crippen molar-refractivity contribution in [1.29, 1.82) is 0 Å². The summed E-state index contributed by atoms with van der Waals surface area (Å²) >= 11 is 0. The van der Waals surface area contributed by atoms with Crippen LogP contribution in [0.1, 0.15) is 0 Å². The second-order valence-corrected chi connectivity index (χ2v) is 8.57. The minimum atomic E-state index is 1.12. The summed E-state index contributed by atoms with van der Waals surface area (Å²) < 4.78 is 0. The third-order valence-corrected chi connectivity index (χ3v) is 7.07. The summed E-state index contributed by atoms with van der Waals surface area (Å²) in [5.41, 5.74) is 14.5. The van der Waals surface area contributed by atoms with Gasteiger partial charge in [-0.25, -0.2) is 0 Å². The van der Waals surface area contributed by atoms with Crippen LogP contribution in [0.25, 0.3) is 21.9 Å². The standard InChI is InChI=1S/C22H24B7N/c23-15-13-14(17(25)19(27)18(15)26)22(21(29)20(28)16(13)24)30-12-8-6-11(7-9-12)10-4-2-1-3-5-10/h1-9,30H,23-29H2. The molecule has 1 N–H and O–H groups in total. The molecule has 0 unspecified atom stereocenters. The van der Waals surface area contributed by atoms with Gasteiger partial charge in [-0.15, -0.1) is 10.9 Å². The van der Waals surface area contributed by atoms with Crippen molar-refractivity contribution in [2.24, 2.45) is 0 Å². The lowest BCUT2D eigenvalue weighted by Gasteiger charge is -2.25. The number of anilines is 2. The van der Waals surface area contributed by atoms with Crippen LogP contribution >= 0.6 is 0 Å². The lowest BCUT2D eigenvalue weighted by atomic mass is 9.60. The van der Waals surface area contributed by atoms with Crippen LogP contribution in [-0.2, 0) is 0 Å². The number of rotatable bonds is 3. The molecular formula is C22H24B7N. The molecule has 0 aliphatic rings. The van der Waals surface area contributed by atoms with Crippen LogP contribution < -0.4 is 43.6 Å². The van der Waals surface area contributed by atoms with Gasteiger partial charge < -0.3 is 5.32 Å². The zero-order valence-corrected chi connectivity index (χ0v) is 19.2. The summed E-state index contributed by atoms with van der Waals surface area (Å²) in [4.78, 5) is 0. The predicted molar refractivity (Wildman–Crippen MR) is 156 cm³/mol. The average molecular weight is 378 g/mol. The Balaban J connectivity index is 1.87. The summed E-state index contributed by atoms with van der Waals surface area (Å²) in [5, 5.41) is 6.55. The first kappa shape index (κ1) is 20.7. The van der Waals surface area contributed by atoms with Crippen LogP contribution in [0, 0.1) is 0 Å². The molecule has 138 valence electrons. The van der Waals surface area contributed by atoms with Crippen LogP contribution in [0.5, 0.6) is 0 Å². The highest BCUT2D eigenvalue weighted by atomic mass is 14.9. The van der Waals surface area contributed by atoms with Crippen molar-refractivity contribution >= 4 is 115 Å². The maximum atomic E-state index is 3.78. The maximum absolute atomic E-state index is 3.78. The van der Waals surface area contributed by atoms with Gasteiger partial charge in [-0.2, -0.15) is 0 Å². The molecule has 0 amide bonds. The molecule has 0 heterocycles. The molecule has 0 bridgehead atoms. The van der Waals surface area contributed by atoms with Crippen molar-refractivity contribution in [3.8, 4) is 11.1 Å². The molecule has 0 aliphatic heterocycles. The molecule has 4 aromatic carbocycles. The Hall–Kier alpha value is -2.61. The Kier molecular flexibility index (Phi) is 5.45. The molecule has 4 rings (SSSR count). The van der Waals surface area contributed by atoms with Crippen molar-refractivity contribution in [2.75, 3.05) is 5.32 Å². The van der Waals surface area contributed by atoms with Crippen LogP contribution in [0.4, 0.5) is 11.4 Å². The van der Waals surface area contributed by atoms with E-state index in [1.165, 1.54) is 65.8 Å². The van der Waals surface area contributed by atoms with E-state index in [4.69, 9.17) is 0 Å². The van der Waals surface area contributed by atoms with Gasteiger partial charge in [0.1, 0.15) is 54.9 Å². The number of hydrogen-bond acceptors (Lipinski definition) is 1. The van der Waals surface area contributed by atoms with E-state index in [-0.39, 0.29) is 0 Å². The summed E-state index contributed by atoms with van der Waals surface area (Å²) in [6, 6.07) is 19.3. The monoisotopic (exact) mass is 379 g/mol. The number of fused-ring (bicyclic) bond motifs is 1. The van der Waals surface area contributed by atoms with E-state index in [9.17, 15) is 0 Å². The molecular weight excluding hydrogens is 354 g/mol. The first-order valence-corrected chi connectivity index (χ1v) is 10.7. The van der Waals surface area contributed by atoms with Gasteiger partial charge in [-0.05, 0) is 34.0 Å². The molecule has 0 saturated carbocycles. The molecule has 0 fully saturated rings. The Morgan fingerprint density at radius 2 is 0.900 bits per heavy atom. The first-order valence-electron chi connectivity index (χ1n) is 10.7. The Labute approximate surface area is 186 Å². The van der Waals surface area contributed by atoms with Crippen LogP contribution in [0.3, 0.4) is 0 Å². The number of nitrogens with one attached hydrogen (secondary N) is 1. The summed E-state index contributed by atoms with van der Waals surface area (Å²) in [5.74, 6) is 0. The van der Waals surface area contributed by atoms with E-state index in [0.717, 1.165) is 5.69 Å². The number of benzene rings is 4. The topological polar surface area (TPSA) is 12.0 Å². The molecule has 0 aliphatic carbocycles. The Morgan fingerprint density at radius 3 is 1.47 bits per heavy atom. The van der Waals surface area contributed by atoms with E-state index in [2.05, 4.69) is 115 Å². The van der Waals surface area contributed by atoms with Gasteiger partial charge in [0.05, 0.1) is 0 Å². The minimum absolute atomic E-state index is 1.12. The molecule has 1 nitrogen and oxygen atoms in total. The van der Waals surface area contributed by atoms with E-state index in [1.807, 2.05) is 0 Å².